The number of nitrogen functional groups attached to an aromatic ring is 1. The number of carbonyl (C=O) groups is 1. The van der Waals surface area contributed by atoms with Gasteiger partial charge in [-0.25, -0.2) is 18.4 Å². The maximum Gasteiger partial charge on any atom is 0.276 e. The Labute approximate surface area is 154 Å². The Hall–Kier alpha value is -3.12. The molecule has 2 aromatic rings. The minimum atomic E-state index is -3.90. The first kappa shape index (κ1) is 18.7. The lowest BCUT2D eigenvalue weighted by atomic mass is 10.3. The quantitative estimate of drug-likeness (QED) is 0.568. The molecule has 2 heterocycles. The van der Waals surface area contributed by atoms with Crippen molar-refractivity contribution in [2.75, 3.05) is 31.9 Å². The lowest BCUT2D eigenvalue weighted by Gasteiger charge is -2.33. The number of nitro groups is 1. The van der Waals surface area contributed by atoms with Gasteiger partial charge in [-0.15, -0.1) is 0 Å². The Morgan fingerprint density at radius 1 is 1.15 bits per heavy atom. The van der Waals surface area contributed by atoms with Gasteiger partial charge in [-0.05, 0) is 6.07 Å². The molecule has 0 unspecified atom stereocenters. The van der Waals surface area contributed by atoms with Crippen LogP contribution in [0, 0.1) is 10.1 Å². The second-order valence-electron chi connectivity index (χ2n) is 5.74. The highest BCUT2D eigenvalue weighted by atomic mass is 32.2. The van der Waals surface area contributed by atoms with E-state index in [0.717, 1.165) is 6.07 Å². The fraction of sp³-hybridized carbons (Fsp3) is 0.267. The largest absolute Gasteiger partial charge is 0.382 e. The Kier molecular flexibility index (Phi) is 5.01. The Morgan fingerprint density at radius 2 is 1.81 bits per heavy atom. The first-order valence-corrected chi connectivity index (χ1v) is 9.35. The molecule has 3 rings (SSSR count). The third-order valence-corrected chi connectivity index (χ3v) is 6.02. The number of hydrogen-bond acceptors (Lipinski definition) is 8. The van der Waals surface area contributed by atoms with E-state index in [1.807, 2.05) is 0 Å². The molecule has 0 atom stereocenters. The predicted octanol–water partition coefficient (Wildman–Crippen LogP) is 0.114. The van der Waals surface area contributed by atoms with E-state index >= 15 is 0 Å². The molecule has 11 nitrogen and oxygen atoms in total. The van der Waals surface area contributed by atoms with E-state index in [9.17, 15) is 23.3 Å². The van der Waals surface area contributed by atoms with Gasteiger partial charge in [0.05, 0.1) is 9.82 Å². The van der Waals surface area contributed by atoms with Crippen molar-refractivity contribution in [2.24, 2.45) is 0 Å². The predicted molar refractivity (Wildman–Crippen MR) is 94.2 cm³/mol. The van der Waals surface area contributed by atoms with Gasteiger partial charge < -0.3 is 10.6 Å². The molecule has 142 valence electrons. The van der Waals surface area contributed by atoms with Crippen molar-refractivity contribution in [3.8, 4) is 0 Å². The molecule has 0 aliphatic carbocycles. The zero-order chi connectivity index (χ0) is 19.6. The minimum absolute atomic E-state index is 0.00847. The number of benzene rings is 1. The minimum Gasteiger partial charge on any atom is -0.382 e. The van der Waals surface area contributed by atoms with Crippen LogP contribution in [0.2, 0.25) is 0 Å². The van der Waals surface area contributed by atoms with Crippen LogP contribution >= 0.6 is 0 Å². The molecule has 0 saturated carbocycles. The lowest BCUT2D eigenvalue weighted by Crippen LogP contribution is -2.50. The summed E-state index contributed by atoms with van der Waals surface area (Å²) in [5, 5.41) is 10.9. The normalized spacial score (nSPS) is 15.5. The SMILES string of the molecule is Nc1nccnc1C(=O)N1CCN(S(=O)(=O)c2cccc([N+](=O)[O-])c2)CC1. The van der Waals surface area contributed by atoms with Gasteiger partial charge in [0.25, 0.3) is 11.6 Å². The number of hydrogen-bond donors (Lipinski definition) is 1. The monoisotopic (exact) mass is 392 g/mol. The summed E-state index contributed by atoms with van der Waals surface area (Å²) in [6.07, 6.45) is 2.72. The van der Waals surface area contributed by atoms with Gasteiger partial charge in [0.2, 0.25) is 10.0 Å². The summed E-state index contributed by atoms with van der Waals surface area (Å²) in [7, 11) is -3.90. The molecule has 12 heteroatoms. The molecule has 1 aromatic carbocycles. The number of piperazine rings is 1. The first-order chi connectivity index (χ1) is 12.8. The van der Waals surface area contributed by atoms with Gasteiger partial charge in [-0.2, -0.15) is 4.31 Å². The van der Waals surface area contributed by atoms with Crippen LogP contribution in [0.4, 0.5) is 11.5 Å². The van der Waals surface area contributed by atoms with Crippen LogP contribution in [0.25, 0.3) is 0 Å². The maximum absolute atomic E-state index is 12.7. The number of anilines is 1. The number of non-ortho nitro benzene ring substituents is 1. The molecule has 1 aromatic heterocycles. The maximum atomic E-state index is 12.7. The molecule has 1 aliphatic rings. The summed E-state index contributed by atoms with van der Waals surface area (Å²) in [5.74, 6) is -0.415. The number of aromatic nitrogens is 2. The molecule has 0 radical (unpaired) electrons. The number of amides is 1. The van der Waals surface area contributed by atoms with E-state index in [0.29, 0.717) is 0 Å². The zero-order valence-electron chi connectivity index (χ0n) is 14.1. The number of carbonyl (C=O) groups excluding carboxylic acids is 1. The molecule has 1 saturated heterocycles. The number of nitro benzene ring substituents is 1. The fourth-order valence-corrected chi connectivity index (χ4v) is 4.16. The van der Waals surface area contributed by atoms with Crippen molar-refractivity contribution in [3.05, 3.63) is 52.5 Å². The van der Waals surface area contributed by atoms with E-state index in [4.69, 9.17) is 5.73 Å². The lowest BCUT2D eigenvalue weighted by molar-refractivity contribution is -0.385. The van der Waals surface area contributed by atoms with Gasteiger partial charge in [0.1, 0.15) is 0 Å². The van der Waals surface area contributed by atoms with Gasteiger partial charge >= 0.3 is 0 Å². The van der Waals surface area contributed by atoms with Crippen LogP contribution in [0.3, 0.4) is 0 Å². The Balaban J connectivity index is 1.73. The number of sulfonamides is 1. The molecule has 1 amide bonds. The van der Waals surface area contributed by atoms with Crippen molar-refractivity contribution in [2.45, 2.75) is 4.90 Å². The standard InChI is InChI=1S/C15H16N6O5S/c16-14-13(17-4-5-18-14)15(22)19-6-8-20(9-7-19)27(25,26)12-3-1-2-11(10-12)21(23)24/h1-5,10H,6-9H2,(H2,16,18). The van der Waals surface area contributed by atoms with Gasteiger partial charge in [-0.1, -0.05) is 6.07 Å². The van der Waals surface area contributed by atoms with Crippen molar-refractivity contribution >= 4 is 27.4 Å². The molecular weight excluding hydrogens is 376 g/mol. The van der Waals surface area contributed by atoms with Crippen LogP contribution in [0.1, 0.15) is 10.5 Å². The van der Waals surface area contributed by atoms with Crippen LogP contribution < -0.4 is 5.73 Å². The molecule has 27 heavy (non-hydrogen) atoms. The Morgan fingerprint density at radius 3 is 2.44 bits per heavy atom. The topological polar surface area (TPSA) is 153 Å². The van der Waals surface area contributed by atoms with E-state index in [2.05, 4.69) is 9.97 Å². The highest BCUT2D eigenvalue weighted by Gasteiger charge is 2.32. The fourth-order valence-electron chi connectivity index (χ4n) is 2.70. The van der Waals surface area contributed by atoms with E-state index < -0.39 is 20.9 Å². The molecule has 0 spiro atoms. The molecule has 1 fully saturated rings. The molecule has 0 bridgehead atoms. The summed E-state index contributed by atoms with van der Waals surface area (Å²) in [4.78, 5) is 31.7. The zero-order valence-corrected chi connectivity index (χ0v) is 14.9. The Bertz CT molecular complexity index is 988. The van der Waals surface area contributed by atoms with Crippen LogP contribution in [-0.2, 0) is 10.0 Å². The van der Waals surface area contributed by atoms with Crippen molar-refractivity contribution in [3.63, 3.8) is 0 Å². The highest BCUT2D eigenvalue weighted by molar-refractivity contribution is 7.89. The highest BCUT2D eigenvalue weighted by Crippen LogP contribution is 2.22. The van der Waals surface area contributed by atoms with E-state index in [1.165, 1.54) is 39.8 Å². The molecule has 1 aliphatic heterocycles. The summed E-state index contributed by atoms with van der Waals surface area (Å²) >= 11 is 0. The summed E-state index contributed by atoms with van der Waals surface area (Å²) in [6.45, 7) is 0.389. The average Bonchev–Trinajstić information content (AvgIpc) is 2.68. The van der Waals surface area contributed by atoms with Gasteiger partial charge in [0.15, 0.2) is 11.5 Å². The van der Waals surface area contributed by atoms with Gasteiger partial charge in [-0.3, -0.25) is 14.9 Å². The summed E-state index contributed by atoms with van der Waals surface area (Å²) in [6, 6.07) is 4.87. The second-order valence-corrected chi connectivity index (χ2v) is 7.68. The van der Waals surface area contributed by atoms with E-state index in [-0.39, 0.29) is 48.3 Å². The number of nitrogens with zero attached hydrogens (tertiary/aromatic N) is 5. The first-order valence-electron chi connectivity index (χ1n) is 7.91. The summed E-state index contributed by atoms with van der Waals surface area (Å²) < 4.78 is 26.6. The molecule has 2 N–H and O–H groups in total. The number of nitrogens with two attached hydrogens (primary N) is 1. The average molecular weight is 392 g/mol. The summed E-state index contributed by atoms with van der Waals surface area (Å²) in [5.41, 5.74) is 5.37. The van der Waals surface area contributed by atoms with Gasteiger partial charge in [0, 0.05) is 50.7 Å². The van der Waals surface area contributed by atoms with Crippen LogP contribution in [-0.4, -0.2) is 64.6 Å². The third kappa shape index (κ3) is 3.71. The number of rotatable bonds is 4. The van der Waals surface area contributed by atoms with Crippen molar-refractivity contribution < 1.29 is 18.1 Å². The third-order valence-electron chi connectivity index (χ3n) is 4.12. The smallest absolute Gasteiger partial charge is 0.276 e. The van der Waals surface area contributed by atoms with Crippen molar-refractivity contribution in [1.29, 1.82) is 0 Å². The van der Waals surface area contributed by atoms with Crippen LogP contribution in [0.5, 0.6) is 0 Å². The second kappa shape index (κ2) is 7.25. The van der Waals surface area contributed by atoms with Crippen LogP contribution in [0.15, 0.2) is 41.6 Å². The van der Waals surface area contributed by atoms with E-state index in [1.54, 1.807) is 0 Å². The van der Waals surface area contributed by atoms with Crippen molar-refractivity contribution in [1.82, 2.24) is 19.2 Å². The molecular formula is C15H16N6O5S.